The lowest BCUT2D eigenvalue weighted by Crippen LogP contribution is -1.89. The zero-order valence-electron chi connectivity index (χ0n) is 11.0. The third kappa shape index (κ3) is 1.37. The van der Waals surface area contributed by atoms with Gasteiger partial charge in [-0.3, -0.25) is 0 Å². The first kappa shape index (κ1) is 10.6. The van der Waals surface area contributed by atoms with Gasteiger partial charge in [0.25, 0.3) is 0 Å². The van der Waals surface area contributed by atoms with E-state index in [1.807, 2.05) is 0 Å². The molecule has 3 rings (SSSR count). The van der Waals surface area contributed by atoms with Gasteiger partial charge in [-0.2, -0.15) is 0 Å². The van der Waals surface area contributed by atoms with Crippen molar-refractivity contribution in [1.29, 1.82) is 0 Å². The summed E-state index contributed by atoms with van der Waals surface area (Å²) in [5, 5.41) is 0. The quantitative estimate of drug-likeness (QED) is 0.525. The van der Waals surface area contributed by atoms with Gasteiger partial charge in [0.15, 0.2) is 0 Å². The number of rotatable bonds is 0. The summed E-state index contributed by atoms with van der Waals surface area (Å²) < 4.78 is 0. The highest BCUT2D eigenvalue weighted by molar-refractivity contribution is 5.81. The summed E-state index contributed by atoms with van der Waals surface area (Å²) in [5.41, 5.74) is 11.7. The average molecular weight is 222 g/mol. The molecular formula is C17H18. The van der Waals surface area contributed by atoms with Crippen molar-refractivity contribution in [2.75, 3.05) is 0 Å². The minimum Gasteiger partial charge on any atom is -0.0587 e. The van der Waals surface area contributed by atoms with Gasteiger partial charge in [0.1, 0.15) is 0 Å². The molecule has 2 aromatic carbocycles. The average Bonchev–Trinajstić information content (AvgIpc) is 2.69. The van der Waals surface area contributed by atoms with Gasteiger partial charge in [0.05, 0.1) is 0 Å². The van der Waals surface area contributed by atoms with Crippen LogP contribution in [0.4, 0.5) is 0 Å². The van der Waals surface area contributed by atoms with E-state index in [9.17, 15) is 0 Å². The molecule has 0 aromatic heterocycles. The zero-order valence-corrected chi connectivity index (χ0v) is 11.0. The van der Waals surface area contributed by atoms with Crippen LogP contribution in [0.1, 0.15) is 33.4 Å². The molecule has 1 aliphatic rings. The molecule has 86 valence electrons. The summed E-state index contributed by atoms with van der Waals surface area (Å²) >= 11 is 0. The minimum atomic E-state index is 1.11. The molecule has 1 aliphatic carbocycles. The molecule has 0 atom stereocenters. The summed E-state index contributed by atoms with van der Waals surface area (Å²) in [6.45, 7) is 8.91. The molecule has 17 heavy (non-hydrogen) atoms. The van der Waals surface area contributed by atoms with Crippen molar-refractivity contribution in [2.24, 2.45) is 0 Å². The van der Waals surface area contributed by atoms with Gasteiger partial charge >= 0.3 is 0 Å². The second kappa shape index (κ2) is 3.46. The maximum Gasteiger partial charge on any atom is -0.00106 e. The van der Waals surface area contributed by atoms with Gasteiger partial charge in [-0.1, -0.05) is 24.3 Å². The molecular weight excluding hydrogens is 204 g/mol. The third-order valence-electron chi connectivity index (χ3n) is 4.33. The summed E-state index contributed by atoms with van der Waals surface area (Å²) in [7, 11) is 0. The fraction of sp³-hybridized carbons (Fsp3) is 0.294. The fourth-order valence-electron chi connectivity index (χ4n) is 2.92. The van der Waals surface area contributed by atoms with Gasteiger partial charge in [0.2, 0.25) is 0 Å². The Labute approximate surface area is 103 Å². The third-order valence-corrected chi connectivity index (χ3v) is 4.33. The molecule has 0 unspecified atom stereocenters. The Kier molecular flexibility index (Phi) is 2.16. The molecule has 0 N–H and O–H groups in total. The van der Waals surface area contributed by atoms with Crippen LogP contribution in [-0.2, 0) is 6.42 Å². The van der Waals surface area contributed by atoms with Crippen molar-refractivity contribution in [1.82, 2.24) is 0 Å². The Hall–Kier alpha value is -1.56. The van der Waals surface area contributed by atoms with Crippen LogP contribution in [0, 0.1) is 27.7 Å². The zero-order chi connectivity index (χ0) is 12.2. The lowest BCUT2D eigenvalue weighted by atomic mass is 9.95. The van der Waals surface area contributed by atoms with Crippen LogP contribution < -0.4 is 0 Å². The predicted octanol–water partition coefficient (Wildman–Crippen LogP) is 4.49. The first-order valence-corrected chi connectivity index (χ1v) is 6.28. The van der Waals surface area contributed by atoms with Crippen molar-refractivity contribution in [3.63, 3.8) is 0 Å². The maximum absolute atomic E-state index is 2.30. The fourth-order valence-corrected chi connectivity index (χ4v) is 2.92. The van der Waals surface area contributed by atoms with Gasteiger partial charge in [0, 0.05) is 0 Å². The molecule has 0 spiro atoms. The topological polar surface area (TPSA) is 0 Å². The van der Waals surface area contributed by atoms with Crippen LogP contribution in [0.3, 0.4) is 0 Å². The van der Waals surface area contributed by atoms with Crippen molar-refractivity contribution < 1.29 is 0 Å². The molecule has 0 bridgehead atoms. The van der Waals surface area contributed by atoms with E-state index < -0.39 is 0 Å². The Bertz CT molecular complexity index is 618. The highest BCUT2D eigenvalue weighted by atomic mass is 14.3. The molecule has 0 aliphatic heterocycles. The van der Waals surface area contributed by atoms with E-state index in [1.165, 1.54) is 44.5 Å². The van der Waals surface area contributed by atoms with Crippen molar-refractivity contribution in [3.8, 4) is 11.1 Å². The standard InChI is InChI=1S/C17H18/c1-10-6-8-15-16(12(10)3)9-14-7-5-11(2)13(4)17(14)15/h5-8H,9H2,1-4H3. The summed E-state index contributed by atoms with van der Waals surface area (Å²) in [4.78, 5) is 0. The molecule has 0 radical (unpaired) electrons. The molecule has 0 heterocycles. The van der Waals surface area contributed by atoms with E-state index >= 15 is 0 Å². The smallest absolute Gasteiger partial charge is 0.00106 e. The molecule has 0 saturated heterocycles. The van der Waals surface area contributed by atoms with E-state index in [0.717, 1.165) is 6.42 Å². The minimum absolute atomic E-state index is 1.11. The molecule has 2 aromatic rings. The maximum atomic E-state index is 2.30. The summed E-state index contributed by atoms with van der Waals surface area (Å²) in [6.07, 6.45) is 1.11. The van der Waals surface area contributed by atoms with E-state index in [2.05, 4.69) is 52.0 Å². The first-order valence-electron chi connectivity index (χ1n) is 6.28. The van der Waals surface area contributed by atoms with Crippen LogP contribution in [-0.4, -0.2) is 0 Å². The van der Waals surface area contributed by atoms with E-state index in [-0.39, 0.29) is 0 Å². The van der Waals surface area contributed by atoms with E-state index in [4.69, 9.17) is 0 Å². The molecule has 0 heteroatoms. The molecule has 0 fully saturated rings. The van der Waals surface area contributed by atoms with E-state index in [1.54, 1.807) is 0 Å². The highest BCUT2D eigenvalue weighted by Crippen LogP contribution is 2.41. The molecule has 0 amide bonds. The lowest BCUT2D eigenvalue weighted by Gasteiger charge is -2.10. The SMILES string of the molecule is Cc1ccc2c(c1C)Cc1ccc(C)c(C)c1-2. The van der Waals surface area contributed by atoms with Gasteiger partial charge < -0.3 is 0 Å². The predicted molar refractivity (Wildman–Crippen MR) is 73.6 cm³/mol. The van der Waals surface area contributed by atoms with Gasteiger partial charge in [-0.05, 0) is 78.6 Å². The monoisotopic (exact) mass is 222 g/mol. The number of hydrogen-bond acceptors (Lipinski definition) is 0. The van der Waals surface area contributed by atoms with Crippen LogP contribution in [0.2, 0.25) is 0 Å². The van der Waals surface area contributed by atoms with Crippen LogP contribution in [0.5, 0.6) is 0 Å². The van der Waals surface area contributed by atoms with Crippen LogP contribution >= 0.6 is 0 Å². The first-order chi connectivity index (χ1) is 8.09. The summed E-state index contributed by atoms with van der Waals surface area (Å²) in [5.74, 6) is 0. The Balaban J connectivity index is 2.35. The number of aryl methyl sites for hydroxylation is 2. The molecule has 0 nitrogen and oxygen atoms in total. The van der Waals surface area contributed by atoms with E-state index in [0.29, 0.717) is 0 Å². The highest BCUT2D eigenvalue weighted by Gasteiger charge is 2.22. The van der Waals surface area contributed by atoms with Crippen LogP contribution in [0.15, 0.2) is 24.3 Å². The van der Waals surface area contributed by atoms with Gasteiger partial charge in [-0.15, -0.1) is 0 Å². The second-order valence-electron chi connectivity index (χ2n) is 5.25. The van der Waals surface area contributed by atoms with Gasteiger partial charge in [-0.25, -0.2) is 0 Å². The Morgan fingerprint density at radius 1 is 0.765 bits per heavy atom. The van der Waals surface area contributed by atoms with Crippen molar-refractivity contribution >= 4 is 0 Å². The second-order valence-corrected chi connectivity index (χ2v) is 5.25. The van der Waals surface area contributed by atoms with Crippen LogP contribution in [0.25, 0.3) is 11.1 Å². The summed E-state index contributed by atoms with van der Waals surface area (Å²) in [6, 6.07) is 9.11. The Morgan fingerprint density at radius 3 is 2.18 bits per heavy atom. The lowest BCUT2D eigenvalue weighted by molar-refractivity contribution is 1.18. The number of hydrogen-bond donors (Lipinski definition) is 0. The van der Waals surface area contributed by atoms with Crippen molar-refractivity contribution in [3.05, 3.63) is 57.6 Å². The Morgan fingerprint density at radius 2 is 1.41 bits per heavy atom. The number of fused-ring (bicyclic) bond motifs is 3. The number of benzene rings is 2. The van der Waals surface area contributed by atoms with Crippen molar-refractivity contribution in [2.45, 2.75) is 34.1 Å². The molecule has 0 saturated carbocycles. The largest absolute Gasteiger partial charge is 0.0587 e. The normalized spacial score (nSPS) is 12.5.